The molecule has 0 radical (unpaired) electrons. The quantitative estimate of drug-likeness (QED) is 0.845. The van der Waals surface area contributed by atoms with E-state index in [0.29, 0.717) is 12.8 Å². The zero-order chi connectivity index (χ0) is 13.2. The molecule has 2 heterocycles. The van der Waals surface area contributed by atoms with E-state index in [1.165, 1.54) is 0 Å². The summed E-state index contributed by atoms with van der Waals surface area (Å²) < 4.78 is 7.34. The number of fused-ring (bicyclic) bond motifs is 1. The Labute approximate surface area is 112 Å². The third-order valence-corrected chi connectivity index (χ3v) is 3.68. The number of carbonyl (C=O) groups excluding carboxylic acids is 1. The van der Waals surface area contributed by atoms with Crippen LogP contribution < -0.4 is 0 Å². The van der Waals surface area contributed by atoms with Gasteiger partial charge in [-0.15, -0.1) is 0 Å². The Bertz CT molecular complexity index is 597. The van der Waals surface area contributed by atoms with Gasteiger partial charge in [-0.25, -0.2) is 0 Å². The van der Waals surface area contributed by atoms with E-state index >= 15 is 0 Å². The summed E-state index contributed by atoms with van der Waals surface area (Å²) in [7, 11) is 1.91. The van der Waals surface area contributed by atoms with Gasteiger partial charge in [-0.2, -0.15) is 5.10 Å². The zero-order valence-corrected chi connectivity index (χ0v) is 11.1. The normalized spacial score (nSPS) is 19.1. The van der Waals surface area contributed by atoms with Gasteiger partial charge in [-0.3, -0.25) is 9.48 Å². The minimum absolute atomic E-state index is 0.127. The van der Waals surface area contributed by atoms with E-state index in [1.807, 2.05) is 36.0 Å². The average molecular weight is 258 g/mol. The van der Waals surface area contributed by atoms with Crippen LogP contribution in [0.1, 0.15) is 25.0 Å². The second-order valence-corrected chi connectivity index (χ2v) is 5.14. The van der Waals surface area contributed by atoms with Gasteiger partial charge < -0.3 is 4.74 Å². The Hall–Kier alpha value is -1.68. The van der Waals surface area contributed by atoms with E-state index in [1.54, 1.807) is 0 Å². The number of aryl methyl sites for hydroxylation is 1. The number of aromatic nitrogens is 2. The largest absolute Gasteiger partial charge is 0.378 e. The maximum atomic E-state index is 12.1. The molecule has 1 unspecified atom stereocenters. The van der Waals surface area contributed by atoms with Gasteiger partial charge in [0.25, 0.3) is 0 Å². The topological polar surface area (TPSA) is 44.1 Å². The van der Waals surface area contributed by atoms with Crippen LogP contribution >= 0.6 is 0 Å². The van der Waals surface area contributed by atoms with Crippen LogP contribution in [0, 0.1) is 0 Å². The third kappa shape index (κ3) is 2.54. The molecule has 0 spiro atoms. The maximum absolute atomic E-state index is 12.1. The summed E-state index contributed by atoms with van der Waals surface area (Å²) in [6.45, 7) is 0.796. The van der Waals surface area contributed by atoms with Crippen LogP contribution in [0.3, 0.4) is 0 Å². The fourth-order valence-corrected chi connectivity index (χ4v) is 2.74. The molecule has 1 aliphatic heterocycles. The summed E-state index contributed by atoms with van der Waals surface area (Å²) in [5, 5.41) is 5.53. The smallest absolute Gasteiger partial charge is 0.141 e. The van der Waals surface area contributed by atoms with Crippen molar-refractivity contribution in [2.45, 2.75) is 31.8 Å². The number of Topliss-reactive ketones (excluding diaryl/α,β-unsaturated/α-hetero) is 1. The molecule has 1 atom stereocenters. The Balaban J connectivity index is 1.75. The first-order valence-electron chi connectivity index (χ1n) is 6.78. The lowest BCUT2D eigenvalue weighted by Crippen LogP contribution is -2.14. The van der Waals surface area contributed by atoms with Gasteiger partial charge in [0.15, 0.2) is 0 Å². The van der Waals surface area contributed by atoms with Gasteiger partial charge >= 0.3 is 0 Å². The predicted molar refractivity (Wildman–Crippen MR) is 73.0 cm³/mol. The van der Waals surface area contributed by atoms with Crippen molar-refractivity contribution in [2.75, 3.05) is 6.61 Å². The Morgan fingerprint density at radius 1 is 1.47 bits per heavy atom. The molecule has 2 aromatic rings. The number of ketones is 1. The average Bonchev–Trinajstić information content (AvgIpc) is 3.00. The van der Waals surface area contributed by atoms with E-state index in [4.69, 9.17) is 4.74 Å². The highest BCUT2D eigenvalue weighted by atomic mass is 16.5. The first-order chi connectivity index (χ1) is 9.24. The number of rotatable bonds is 4. The standard InChI is InChI=1S/C15H18N2O2/c1-17-15-7-3-2-6-13(15)14(16-17)10-11(18)9-12-5-4-8-19-12/h2-3,6-7,12H,4-5,8-10H2,1H3. The SMILES string of the molecule is Cn1nc(CC(=O)CC2CCCO2)c2ccccc21. The lowest BCUT2D eigenvalue weighted by molar-refractivity contribution is -0.120. The Morgan fingerprint density at radius 2 is 2.32 bits per heavy atom. The molecule has 19 heavy (non-hydrogen) atoms. The lowest BCUT2D eigenvalue weighted by atomic mass is 10.0. The van der Waals surface area contributed by atoms with Crippen molar-refractivity contribution in [2.24, 2.45) is 7.05 Å². The first-order valence-corrected chi connectivity index (χ1v) is 6.78. The molecular weight excluding hydrogens is 240 g/mol. The molecule has 1 saturated heterocycles. The Morgan fingerprint density at radius 3 is 3.11 bits per heavy atom. The molecule has 0 aliphatic carbocycles. The zero-order valence-electron chi connectivity index (χ0n) is 11.1. The van der Waals surface area contributed by atoms with Crippen LogP contribution in [0.5, 0.6) is 0 Å². The maximum Gasteiger partial charge on any atom is 0.141 e. The van der Waals surface area contributed by atoms with Gasteiger partial charge in [-0.05, 0) is 18.9 Å². The van der Waals surface area contributed by atoms with Gasteiger partial charge in [0.05, 0.1) is 23.7 Å². The fourth-order valence-electron chi connectivity index (χ4n) is 2.74. The van der Waals surface area contributed by atoms with Crippen molar-refractivity contribution in [3.05, 3.63) is 30.0 Å². The molecule has 1 fully saturated rings. The van der Waals surface area contributed by atoms with Gasteiger partial charge in [-0.1, -0.05) is 18.2 Å². The summed E-state index contributed by atoms with van der Waals surface area (Å²) in [5.41, 5.74) is 1.95. The summed E-state index contributed by atoms with van der Waals surface area (Å²) in [6, 6.07) is 8.02. The number of benzene rings is 1. The van der Waals surface area contributed by atoms with Crippen molar-refractivity contribution in [3.63, 3.8) is 0 Å². The molecule has 0 amide bonds. The van der Waals surface area contributed by atoms with Crippen LogP contribution in [0.15, 0.2) is 24.3 Å². The van der Waals surface area contributed by atoms with Crippen molar-refractivity contribution >= 4 is 16.7 Å². The fraction of sp³-hybridized carbons (Fsp3) is 0.467. The second-order valence-electron chi connectivity index (χ2n) is 5.14. The van der Waals surface area contributed by atoms with Crippen LogP contribution in [-0.2, 0) is 23.0 Å². The summed E-state index contributed by atoms with van der Waals surface area (Å²) in [5.74, 6) is 0.218. The van der Waals surface area contributed by atoms with Crippen LogP contribution in [0.2, 0.25) is 0 Å². The van der Waals surface area contributed by atoms with Crippen LogP contribution in [0.25, 0.3) is 10.9 Å². The van der Waals surface area contributed by atoms with E-state index in [9.17, 15) is 4.79 Å². The highest BCUT2D eigenvalue weighted by molar-refractivity contribution is 5.88. The number of hydrogen-bond acceptors (Lipinski definition) is 3. The molecule has 100 valence electrons. The van der Waals surface area contributed by atoms with Gasteiger partial charge in [0, 0.05) is 25.5 Å². The lowest BCUT2D eigenvalue weighted by Gasteiger charge is -2.07. The van der Waals surface area contributed by atoms with E-state index in [-0.39, 0.29) is 11.9 Å². The first kappa shape index (κ1) is 12.4. The molecule has 3 rings (SSSR count). The van der Waals surface area contributed by atoms with Crippen molar-refractivity contribution in [1.82, 2.24) is 9.78 Å². The second kappa shape index (κ2) is 5.13. The minimum atomic E-state index is 0.127. The summed E-state index contributed by atoms with van der Waals surface area (Å²) in [6.07, 6.45) is 3.13. The highest BCUT2D eigenvalue weighted by Gasteiger charge is 2.20. The number of para-hydroxylation sites is 1. The number of ether oxygens (including phenoxy) is 1. The van der Waals surface area contributed by atoms with Crippen molar-refractivity contribution < 1.29 is 9.53 Å². The van der Waals surface area contributed by atoms with Crippen LogP contribution in [-0.4, -0.2) is 28.3 Å². The van der Waals surface area contributed by atoms with E-state index in [0.717, 1.165) is 36.0 Å². The molecule has 0 saturated carbocycles. The van der Waals surface area contributed by atoms with Crippen LogP contribution in [0.4, 0.5) is 0 Å². The molecule has 1 aromatic heterocycles. The third-order valence-electron chi connectivity index (χ3n) is 3.68. The van der Waals surface area contributed by atoms with E-state index in [2.05, 4.69) is 5.10 Å². The molecule has 1 aromatic carbocycles. The molecule has 1 aliphatic rings. The van der Waals surface area contributed by atoms with Crippen molar-refractivity contribution in [1.29, 1.82) is 0 Å². The number of hydrogen-bond donors (Lipinski definition) is 0. The number of nitrogens with zero attached hydrogens (tertiary/aromatic N) is 2. The minimum Gasteiger partial charge on any atom is -0.378 e. The Kier molecular flexibility index (Phi) is 3.34. The van der Waals surface area contributed by atoms with Gasteiger partial charge in [0.2, 0.25) is 0 Å². The predicted octanol–water partition coefficient (Wildman–Crippen LogP) is 2.25. The molecular formula is C15H18N2O2. The monoisotopic (exact) mass is 258 g/mol. The summed E-state index contributed by atoms with van der Waals surface area (Å²) >= 11 is 0. The molecule has 0 bridgehead atoms. The van der Waals surface area contributed by atoms with Gasteiger partial charge in [0.1, 0.15) is 5.78 Å². The highest BCUT2D eigenvalue weighted by Crippen LogP contribution is 2.20. The molecule has 4 heteroatoms. The summed E-state index contributed by atoms with van der Waals surface area (Å²) in [4.78, 5) is 12.1. The van der Waals surface area contributed by atoms with E-state index < -0.39 is 0 Å². The molecule has 4 nitrogen and oxygen atoms in total. The molecule has 0 N–H and O–H groups in total. The van der Waals surface area contributed by atoms with Crippen molar-refractivity contribution in [3.8, 4) is 0 Å². The number of carbonyl (C=O) groups is 1.